The molecule has 1 aromatic heterocycles. The minimum absolute atomic E-state index is 0.0476. The molecule has 0 saturated heterocycles. The molecule has 7 heteroatoms. The number of ether oxygens (including phenoxy) is 2. The summed E-state index contributed by atoms with van der Waals surface area (Å²) in [6, 6.07) is 15.1. The summed E-state index contributed by atoms with van der Waals surface area (Å²) in [5, 5.41) is 0. The van der Waals surface area contributed by atoms with Crippen LogP contribution in [-0.2, 0) is 11.8 Å². The van der Waals surface area contributed by atoms with Gasteiger partial charge in [0.1, 0.15) is 17.3 Å². The lowest BCUT2D eigenvalue weighted by Gasteiger charge is -2.32. The molecule has 0 N–H and O–H groups in total. The molecule has 1 amide bonds. The molecule has 0 fully saturated rings. The maximum atomic E-state index is 13.2. The van der Waals surface area contributed by atoms with E-state index in [4.69, 9.17) is 9.47 Å². The second kappa shape index (κ2) is 7.99. The summed E-state index contributed by atoms with van der Waals surface area (Å²) in [5.41, 5.74) is 1.71. The first-order valence-electron chi connectivity index (χ1n) is 9.82. The summed E-state index contributed by atoms with van der Waals surface area (Å²) in [4.78, 5) is 28.2. The van der Waals surface area contributed by atoms with Crippen molar-refractivity contribution in [1.82, 2.24) is 4.57 Å². The molecular formula is C23H24N2O4S. The van der Waals surface area contributed by atoms with Crippen molar-refractivity contribution in [2.24, 2.45) is 7.05 Å². The van der Waals surface area contributed by atoms with Crippen molar-refractivity contribution >= 4 is 28.7 Å². The number of benzene rings is 2. The van der Waals surface area contributed by atoms with Crippen LogP contribution >= 0.6 is 11.3 Å². The van der Waals surface area contributed by atoms with Crippen molar-refractivity contribution in [2.75, 3.05) is 12.0 Å². The van der Waals surface area contributed by atoms with Gasteiger partial charge in [-0.15, -0.1) is 0 Å². The minimum Gasteiger partial charge on any atom is -0.497 e. The number of fused-ring (bicyclic) bond motifs is 1. The predicted molar refractivity (Wildman–Crippen MR) is 118 cm³/mol. The maximum absolute atomic E-state index is 13.2. The van der Waals surface area contributed by atoms with Crippen molar-refractivity contribution in [2.45, 2.75) is 32.3 Å². The predicted octanol–water partition coefficient (Wildman–Crippen LogP) is 4.44. The SMILES string of the molecule is COc1ccc(N2C(=O)C[C@@H](c3ccc(OC(C)C)cc3)c3sc(=O)n(C)c32)cc1. The van der Waals surface area contributed by atoms with Gasteiger partial charge in [-0.25, -0.2) is 0 Å². The van der Waals surface area contributed by atoms with Gasteiger partial charge in [-0.05, 0) is 55.8 Å². The number of hydrogen-bond donors (Lipinski definition) is 0. The smallest absolute Gasteiger partial charge is 0.308 e. The van der Waals surface area contributed by atoms with Crippen LogP contribution in [0.5, 0.6) is 11.5 Å². The van der Waals surface area contributed by atoms with Crippen LogP contribution in [0.4, 0.5) is 11.5 Å². The van der Waals surface area contributed by atoms with E-state index in [9.17, 15) is 9.59 Å². The van der Waals surface area contributed by atoms with E-state index in [0.717, 1.165) is 21.9 Å². The molecule has 4 rings (SSSR count). The molecule has 0 aliphatic carbocycles. The van der Waals surface area contributed by atoms with Gasteiger partial charge >= 0.3 is 4.87 Å². The molecule has 156 valence electrons. The minimum atomic E-state index is -0.158. The Morgan fingerprint density at radius 2 is 1.63 bits per heavy atom. The summed E-state index contributed by atoms with van der Waals surface area (Å²) < 4.78 is 12.5. The molecule has 2 aromatic carbocycles. The quantitative estimate of drug-likeness (QED) is 0.607. The molecule has 6 nitrogen and oxygen atoms in total. The number of aromatic nitrogens is 1. The van der Waals surface area contributed by atoms with Gasteiger partial charge in [0.05, 0.1) is 23.8 Å². The van der Waals surface area contributed by atoms with Crippen LogP contribution in [-0.4, -0.2) is 23.7 Å². The van der Waals surface area contributed by atoms with E-state index < -0.39 is 0 Å². The Morgan fingerprint density at radius 1 is 1.00 bits per heavy atom. The lowest BCUT2D eigenvalue weighted by atomic mass is 9.90. The lowest BCUT2D eigenvalue weighted by molar-refractivity contribution is -0.118. The topological polar surface area (TPSA) is 60.8 Å². The Bertz CT molecular complexity index is 1110. The first kappa shape index (κ1) is 20.2. The summed E-state index contributed by atoms with van der Waals surface area (Å²) >= 11 is 1.20. The van der Waals surface area contributed by atoms with Crippen LogP contribution in [0.2, 0.25) is 0 Å². The third-order valence-corrected chi connectivity index (χ3v) is 6.29. The number of rotatable bonds is 5. The lowest BCUT2D eigenvalue weighted by Crippen LogP contribution is -2.34. The largest absolute Gasteiger partial charge is 0.497 e. The summed E-state index contributed by atoms with van der Waals surface area (Å²) in [6.45, 7) is 3.96. The number of amides is 1. The van der Waals surface area contributed by atoms with Gasteiger partial charge in [0.15, 0.2) is 0 Å². The van der Waals surface area contributed by atoms with E-state index in [1.807, 2.05) is 62.4 Å². The third-order valence-electron chi connectivity index (χ3n) is 5.15. The van der Waals surface area contributed by atoms with Crippen molar-refractivity contribution in [3.05, 3.63) is 68.6 Å². The number of carbonyl (C=O) groups excluding carboxylic acids is 1. The Balaban J connectivity index is 1.76. The van der Waals surface area contributed by atoms with E-state index in [2.05, 4.69) is 0 Å². The Kier molecular flexibility index (Phi) is 5.39. The zero-order valence-electron chi connectivity index (χ0n) is 17.4. The average molecular weight is 425 g/mol. The summed E-state index contributed by atoms with van der Waals surface area (Å²) in [7, 11) is 3.31. The molecule has 0 spiro atoms. The first-order chi connectivity index (χ1) is 14.4. The monoisotopic (exact) mass is 424 g/mol. The summed E-state index contributed by atoms with van der Waals surface area (Å²) in [5.74, 6) is 1.93. The van der Waals surface area contributed by atoms with Gasteiger partial charge < -0.3 is 9.47 Å². The fraction of sp³-hybridized carbons (Fsp3) is 0.304. The van der Waals surface area contributed by atoms with Gasteiger partial charge in [-0.1, -0.05) is 23.5 Å². The second-order valence-electron chi connectivity index (χ2n) is 7.53. The van der Waals surface area contributed by atoms with Gasteiger partial charge in [0.2, 0.25) is 5.91 Å². The van der Waals surface area contributed by atoms with E-state index in [-0.39, 0.29) is 22.8 Å². The standard InChI is InChI=1S/C23H24N2O4S/c1-14(2)29-18-9-5-15(6-10-18)19-13-20(26)25(16-7-11-17(28-4)12-8-16)22-21(19)30-23(27)24(22)3/h5-12,14,19H,13H2,1-4H3/t19-/m0/s1. The average Bonchev–Trinajstić information content (AvgIpc) is 3.02. The molecule has 1 atom stereocenters. The van der Waals surface area contributed by atoms with Gasteiger partial charge in [-0.3, -0.25) is 19.1 Å². The number of thiazole rings is 1. The highest BCUT2D eigenvalue weighted by Crippen LogP contribution is 2.44. The van der Waals surface area contributed by atoms with Crippen molar-refractivity contribution in [1.29, 1.82) is 0 Å². The van der Waals surface area contributed by atoms with Crippen LogP contribution in [0.3, 0.4) is 0 Å². The van der Waals surface area contributed by atoms with Crippen LogP contribution in [0.1, 0.15) is 36.6 Å². The second-order valence-corrected chi connectivity index (χ2v) is 8.53. The number of anilines is 2. The van der Waals surface area contributed by atoms with Crippen LogP contribution in [0.25, 0.3) is 0 Å². The number of hydrogen-bond acceptors (Lipinski definition) is 5. The van der Waals surface area contributed by atoms with E-state index in [0.29, 0.717) is 18.0 Å². The first-order valence-corrected chi connectivity index (χ1v) is 10.6. The van der Waals surface area contributed by atoms with Gasteiger partial charge in [-0.2, -0.15) is 0 Å². The Hall–Kier alpha value is -3.06. The van der Waals surface area contributed by atoms with Crippen LogP contribution < -0.4 is 19.2 Å². The molecule has 1 aliphatic heterocycles. The third kappa shape index (κ3) is 3.61. The van der Waals surface area contributed by atoms with Crippen molar-refractivity contribution in [3.8, 4) is 11.5 Å². The van der Waals surface area contributed by atoms with Gasteiger partial charge in [0, 0.05) is 19.4 Å². The molecule has 0 saturated carbocycles. The molecule has 0 bridgehead atoms. The zero-order chi connectivity index (χ0) is 21.4. The Morgan fingerprint density at radius 3 is 2.23 bits per heavy atom. The van der Waals surface area contributed by atoms with Crippen LogP contribution in [0, 0.1) is 0 Å². The molecule has 0 radical (unpaired) electrons. The molecule has 3 aromatic rings. The van der Waals surface area contributed by atoms with E-state index in [1.165, 1.54) is 11.3 Å². The highest BCUT2D eigenvalue weighted by molar-refractivity contribution is 7.10. The van der Waals surface area contributed by atoms with E-state index in [1.54, 1.807) is 23.6 Å². The number of nitrogens with zero attached hydrogens (tertiary/aromatic N) is 2. The summed E-state index contributed by atoms with van der Waals surface area (Å²) in [6.07, 6.45) is 0.389. The van der Waals surface area contributed by atoms with Crippen molar-refractivity contribution in [3.63, 3.8) is 0 Å². The Labute approximate surface area is 179 Å². The highest BCUT2D eigenvalue weighted by atomic mass is 32.1. The highest BCUT2D eigenvalue weighted by Gasteiger charge is 2.37. The van der Waals surface area contributed by atoms with Gasteiger partial charge in [0.25, 0.3) is 0 Å². The molecule has 2 heterocycles. The molecule has 0 unspecified atom stereocenters. The van der Waals surface area contributed by atoms with E-state index >= 15 is 0 Å². The van der Waals surface area contributed by atoms with Crippen LogP contribution in [0.15, 0.2) is 53.3 Å². The molecule has 30 heavy (non-hydrogen) atoms. The maximum Gasteiger partial charge on any atom is 0.308 e. The molecule has 1 aliphatic rings. The normalized spacial score (nSPS) is 16.0. The zero-order valence-corrected chi connectivity index (χ0v) is 18.2. The fourth-order valence-corrected chi connectivity index (χ4v) is 4.83. The number of carbonyl (C=O) groups is 1. The number of methoxy groups -OCH3 is 1. The molecular weight excluding hydrogens is 400 g/mol. The van der Waals surface area contributed by atoms with Crippen molar-refractivity contribution < 1.29 is 14.3 Å². The fourth-order valence-electron chi connectivity index (χ4n) is 3.74.